The fourth-order valence-electron chi connectivity index (χ4n) is 1.06. The van der Waals surface area contributed by atoms with Gasteiger partial charge in [-0.25, -0.2) is 0 Å². The van der Waals surface area contributed by atoms with Gasteiger partial charge in [-0.2, -0.15) is 0 Å². The third-order valence-corrected chi connectivity index (χ3v) is 1.83. The maximum atomic E-state index is 5.52. The van der Waals surface area contributed by atoms with Crippen LogP contribution < -0.4 is 5.73 Å². The van der Waals surface area contributed by atoms with Crippen LogP contribution in [0.25, 0.3) is 0 Å². The number of benzene rings is 1. The Morgan fingerprint density at radius 3 is 2.47 bits per heavy atom. The number of hydrogen-bond donors (Lipinski definition) is 1. The molecule has 1 aromatic carbocycles. The Kier molecular flexibility index (Phi) is 4.30. The maximum Gasteiger partial charge on any atom is 0.0601 e. The molecule has 2 rings (SSSR count). The Balaban J connectivity index is 0.00000112. The van der Waals surface area contributed by atoms with Gasteiger partial charge in [-0.05, 0) is 24.8 Å². The number of aliphatic imine (C=N–C) groups is 1. The normalized spacial score (nSPS) is 16.3. The molecule has 0 aliphatic carbocycles. The van der Waals surface area contributed by atoms with E-state index in [-0.39, 0.29) is 32.7 Å². The minimum absolute atomic E-state index is 0. The minimum atomic E-state index is 0. The molecule has 5 heteroatoms. The zero-order valence-electron chi connectivity index (χ0n) is 8.31. The average molecular weight is 274 g/mol. The van der Waals surface area contributed by atoms with Crippen molar-refractivity contribution in [2.75, 3.05) is 0 Å². The van der Waals surface area contributed by atoms with Crippen LogP contribution in [0.4, 0.5) is 5.69 Å². The van der Waals surface area contributed by atoms with E-state index in [1.807, 2.05) is 31.2 Å². The monoisotopic (exact) mass is 274 g/mol. The summed E-state index contributed by atoms with van der Waals surface area (Å²) >= 11 is 0. The Hall–Kier alpha value is -0.866. The van der Waals surface area contributed by atoms with Gasteiger partial charge in [-0.15, -0.1) is 0 Å². The van der Waals surface area contributed by atoms with Gasteiger partial charge >= 0.3 is 0 Å². The van der Waals surface area contributed by atoms with Crippen LogP contribution >= 0.6 is 0 Å². The Labute approximate surface area is 113 Å². The number of nitrogens with zero attached hydrogens (tertiary/aromatic N) is 3. The molecule has 0 saturated carbocycles. The van der Waals surface area contributed by atoms with Gasteiger partial charge in [0.05, 0.1) is 5.69 Å². The van der Waals surface area contributed by atoms with Gasteiger partial charge in [0.25, 0.3) is 0 Å². The number of hydrogen-bond acceptors (Lipinski definition) is 4. The zero-order valence-corrected chi connectivity index (χ0v) is 11.1. The molecule has 0 atom stereocenters. The van der Waals surface area contributed by atoms with Crippen LogP contribution in [0.15, 0.2) is 39.5 Å². The molecule has 1 heterocycles. The smallest absolute Gasteiger partial charge is 0.0601 e. The van der Waals surface area contributed by atoms with E-state index in [0.29, 0.717) is 11.5 Å². The molecule has 4 nitrogen and oxygen atoms in total. The van der Waals surface area contributed by atoms with Crippen LogP contribution in [0.1, 0.15) is 5.56 Å². The fraction of sp³-hybridized carbons (Fsp3) is 0.100. The number of aryl methyl sites for hydroxylation is 1. The van der Waals surface area contributed by atoms with Crippen LogP contribution in [-0.2, 0) is 32.7 Å². The molecule has 1 aromatic rings. The maximum absolute atomic E-state index is 5.52. The summed E-state index contributed by atoms with van der Waals surface area (Å²) in [6, 6.07) is 7.79. The van der Waals surface area contributed by atoms with Gasteiger partial charge < -0.3 is 5.73 Å². The summed E-state index contributed by atoms with van der Waals surface area (Å²) in [5.74, 6) is 0.311. The first-order valence-electron chi connectivity index (χ1n) is 4.20. The molecule has 0 aromatic heterocycles. The Morgan fingerprint density at radius 2 is 1.93 bits per heavy atom. The Bertz CT molecular complexity index is 431. The Morgan fingerprint density at radius 1 is 1.27 bits per heavy atom. The first-order valence-corrected chi connectivity index (χ1v) is 4.20. The molecule has 0 bridgehead atoms. The van der Waals surface area contributed by atoms with E-state index in [0.717, 1.165) is 5.69 Å². The van der Waals surface area contributed by atoms with Crippen molar-refractivity contribution in [1.29, 1.82) is 0 Å². The fourth-order valence-corrected chi connectivity index (χ4v) is 1.06. The molecule has 2 N–H and O–H groups in total. The molecule has 0 fully saturated rings. The van der Waals surface area contributed by atoms with Gasteiger partial charge in [0.2, 0.25) is 0 Å². The first kappa shape index (κ1) is 12.2. The SMILES string of the molecule is Cc1ccc(N=C2[C-]=NN=C2N)cc1.[Y]. The van der Waals surface area contributed by atoms with E-state index in [9.17, 15) is 0 Å². The van der Waals surface area contributed by atoms with Gasteiger partial charge in [-0.1, -0.05) is 23.9 Å². The summed E-state index contributed by atoms with van der Waals surface area (Å²) in [7, 11) is 0. The predicted octanol–water partition coefficient (Wildman–Crippen LogP) is 1.30. The first-order chi connectivity index (χ1) is 6.75. The molecule has 15 heavy (non-hydrogen) atoms. The zero-order chi connectivity index (χ0) is 9.97. The molecule has 73 valence electrons. The summed E-state index contributed by atoms with van der Waals surface area (Å²) < 4.78 is 0. The van der Waals surface area contributed by atoms with Crippen molar-refractivity contribution in [3.05, 3.63) is 29.8 Å². The molecule has 0 unspecified atom stereocenters. The third-order valence-electron chi connectivity index (χ3n) is 1.83. The van der Waals surface area contributed by atoms with Crippen molar-refractivity contribution in [3.8, 4) is 0 Å². The summed E-state index contributed by atoms with van der Waals surface area (Å²) in [5, 5.41) is 7.15. The number of amidine groups is 1. The van der Waals surface area contributed by atoms with Crippen molar-refractivity contribution in [3.63, 3.8) is 0 Å². The van der Waals surface area contributed by atoms with Crippen molar-refractivity contribution in [1.82, 2.24) is 0 Å². The van der Waals surface area contributed by atoms with E-state index in [1.165, 1.54) is 5.56 Å². The van der Waals surface area contributed by atoms with Crippen LogP contribution in [-0.4, -0.2) is 17.8 Å². The minimum Gasteiger partial charge on any atom is -0.457 e. The van der Waals surface area contributed by atoms with Crippen LogP contribution in [0.2, 0.25) is 0 Å². The molecule has 1 aliphatic rings. The largest absolute Gasteiger partial charge is 0.457 e. The average Bonchev–Trinajstić information content (AvgIpc) is 2.56. The van der Waals surface area contributed by atoms with Gasteiger partial charge in [0.1, 0.15) is 0 Å². The van der Waals surface area contributed by atoms with Gasteiger partial charge in [0.15, 0.2) is 0 Å². The second-order valence-electron chi connectivity index (χ2n) is 2.99. The van der Waals surface area contributed by atoms with E-state index in [1.54, 1.807) is 0 Å². The molecule has 1 radical (unpaired) electrons. The molecular formula is C10H9N4Y-. The summed E-state index contributed by atoms with van der Waals surface area (Å²) in [5.41, 5.74) is 8.04. The van der Waals surface area contributed by atoms with Gasteiger partial charge in [-0.3, -0.25) is 15.2 Å². The second kappa shape index (κ2) is 5.28. The van der Waals surface area contributed by atoms with E-state index in [4.69, 9.17) is 5.73 Å². The molecule has 0 saturated heterocycles. The van der Waals surface area contributed by atoms with Crippen molar-refractivity contribution in [2.24, 2.45) is 20.9 Å². The summed E-state index contributed by atoms with van der Waals surface area (Å²) in [6.07, 6.45) is 2.62. The molecule has 0 amide bonds. The van der Waals surface area contributed by atoms with E-state index in [2.05, 4.69) is 21.4 Å². The number of nitrogens with two attached hydrogens (primary N) is 1. The predicted molar refractivity (Wildman–Crippen MR) is 57.3 cm³/mol. The standard InChI is InChI=1S/C10H9N4.Y/c1-7-2-4-8(5-3-7)13-9-6-12-14-10(9)11;/h2-5H,1H3,(H2,11,13,14);/q-1;. The van der Waals surface area contributed by atoms with E-state index < -0.39 is 0 Å². The van der Waals surface area contributed by atoms with Crippen LogP contribution in [0, 0.1) is 6.92 Å². The van der Waals surface area contributed by atoms with Crippen molar-refractivity contribution >= 4 is 23.4 Å². The summed E-state index contributed by atoms with van der Waals surface area (Å²) in [6.45, 7) is 2.02. The quantitative estimate of drug-likeness (QED) is 0.771. The van der Waals surface area contributed by atoms with Gasteiger partial charge in [0, 0.05) is 38.5 Å². The molecular weight excluding hydrogens is 265 g/mol. The van der Waals surface area contributed by atoms with Crippen molar-refractivity contribution in [2.45, 2.75) is 6.92 Å². The third kappa shape index (κ3) is 3.04. The van der Waals surface area contributed by atoms with Crippen molar-refractivity contribution < 1.29 is 32.7 Å². The topological polar surface area (TPSA) is 63.1 Å². The van der Waals surface area contributed by atoms with E-state index >= 15 is 0 Å². The molecule has 1 aliphatic heterocycles. The van der Waals surface area contributed by atoms with Crippen LogP contribution in [0.3, 0.4) is 0 Å². The number of rotatable bonds is 1. The second-order valence-corrected chi connectivity index (χ2v) is 2.99. The molecule has 0 spiro atoms. The summed E-state index contributed by atoms with van der Waals surface area (Å²) in [4.78, 5) is 4.24. The van der Waals surface area contributed by atoms with Crippen LogP contribution in [0.5, 0.6) is 0 Å².